The van der Waals surface area contributed by atoms with E-state index >= 15 is 0 Å². The van der Waals surface area contributed by atoms with Gasteiger partial charge in [-0.25, -0.2) is 0 Å². The maximum absolute atomic E-state index is 12.8. The fourth-order valence-corrected chi connectivity index (χ4v) is 4.77. The number of nitrogens with one attached hydrogen (secondary N) is 2. The summed E-state index contributed by atoms with van der Waals surface area (Å²) in [5, 5.41) is 16.7. The normalized spacial score (nSPS) is 15.6. The van der Waals surface area contributed by atoms with E-state index in [1.54, 1.807) is 30.3 Å². The molecule has 1 aliphatic carbocycles. The van der Waals surface area contributed by atoms with Crippen LogP contribution in [0.3, 0.4) is 0 Å². The first-order valence-electron chi connectivity index (χ1n) is 11.9. The van der Waals surface area contributed by atoms with Crippen molar-refractivity contribution in [1.29, 1.82) is 0 Å². The average molecular weight is 506 g/mol. The number of halogens is 1. The Morgan fingerprint density at radius 2 is 1.97 bits per heavy atom. The molecule has 1 heterocycles. The van der Waals surface area contributed by atoms with Gasteiger partial charge in [-0.05, 0) is 43.2 Å². The number of aromatic nitrogens is 1. The molecule has 0 bridgehead atoms. The first-order chi connectivity index (χ1) is 16.2. The van der Waals surface area contributed by atoms with E-state index < -0.39 is 20.2 Å². The number of carbonyl (C=O) groups excluding carboxylic acids is 1. The number of hydrogen-bond acceptors (Lipinski definition) is 6. The molecule has 1 saturated carbocycles. The van der Waals surface area contributed by atoms with Gasteiger partial charge in [0, 0.05) is 32.4 Å². The molecular formula is C25H36ClN3O4Si. The predicted molar refractivity (Wildman–Crippen MR) is 139 cm³/mol. The van der Waals surface area contributed by atoms with Crippen LogP contribution in [0, 0.1) is 5.92 Å². The molecule has 1 aliphatic rings. The zero-order chi connectivity index (χ0) is 24.6. The fourth-order valence-electron chi connectivity index (χ4n) is 3.81. The molecule has 3 rings (SSSR count). The maximum atomic E-state index is 12.8. The van der Waals surface area contributed by atoms with Crippen LogP contribution in [0.1, 0.15) is 42.5 Å². The van der Waals surface area contributed by atoms with Gasteiger partial charge in [-0.3, -0.25) is 4.79 Å². The highest BCUT2D eigenvalue weighted by Crippen LogP contribution is 2.27. The molecule has 0 radical (unpaired) electrons. The van der Waals surface area contributed by atoms with E-state index in [1.165, 1.54) is 6.42 Å². The summed E-state index contributed by atoms with van der Waals surface area (Å²) in [6.07, 6.45) is 4.32. The lowest BCUT2D eigenvalue weighted by atomic mass is 9.88. The van der Waals surface area contributed by atoms with Crippen LogP contribution in [0.15, 0.2) is 36.4 Å². The Kier molecular flexibility index (Phi) is 9.76. The van der Waals surface area contributed by atoms with Crippen LogP contribution in [0.5, 0.6) is 5.88 Å². The van der Waals surface area contributed by atoms with Crippen molar-refractivity contribution in [3.63, 3.8) is 0 Å². The molecule has 0 saturated heterocycles. The first kappa shape index (κ1) is 26.5. The summed E-state index contributed by atoms with van der Waals surface area (Å²) in [5.41, 5.74) is 0.947. The van der Waals surface area contributed by atoms with Crippen LogP contribution < -0.4 is 15.4 Å². The van der Waals surface area contributed by atoms with Crippen LogP contribution in [-0.2, 0) is 4.74 Å². The minimum atomic E-state index is -1.13. The monoisotopic (exact) mass is 505 g/mol. The number of rotatable bonds is 11. The first-order valence-corrected chi connectivity index (χ1v) is 16.0. The Morgan fingerprint density at radius 1 is 1.21 bits per heavy atom. The Morgan fingerprint density at radius 3 is 2.71 bits per heavy atom. The van der Waals surface area contributed by atoms with E-state index in [0.717, 1.165) is 31.7 Å². The number of aliphatic hydroxyl groups is 1. The third kappa shape index (κ3) is 8.58. The molecule has 3 N–H and O–H groups in total. The zero-order valence-corrected chi connectivity index (χ0v) is 22.0. The highest BCUT2D eigenvalue weighted by molar-refractivity contribution is 6.76. The summed E-state index contributed by atoms with van der Waals surface area (Å²) in [6.45, 7) is 7.74. The number of pyridine rings is 1. The van der Waals surface area contributed by atoms with Crippen LogP contribution in [0.4, 0.5) is 11.5 Å². The molecule has 1 aromatic heterocycles. The second-order valence-electron chi connectivity index (χ2n) is 9.98. The van der Waals surface area contributed by atoms with Crippen LogP contribution in [-0.4, -0.2) is 43.7 Å². The lowest BCUT2D eigenvalue weighted by Gasteiger charge is -2.27. The number of benzene rings is 1. The summed E-state index contributed by atoms with van der Waals surface area (Å²) in [4.78, 5) is 17.2. The van der Waals surface area contributed by atoms with Crippen LogP contribution >= 0.6 is 11.6 Å². The van der Waals surface area contributed by atoms with Crippen molar-refractivity contribution in [2.24, 2.45) is 5.92 Å². The highest BCUT2D eigenvalue weighted by atomic mass is 35.5. The number of nitrogens with zero attached hydrogens (tertiary/aromatic N) is 1. The van der Waals surface area contributed by atoms with Gasteiger partial charge in [0.2, 0.25) is 5.88 Å². The Bertz CT molecular complexity index is 948. The molecule has 0 spiro atoms. The van der Waals surface area contributed by atoms with Gasteiger partial charge in [-0.15, -0.1) is 0 Å². The van der Waals surface area contributed by atoms with Crippen LogP contribution in [0.2, 0.25) is 30.7 Å². The third-order valence-electron chi connectivity index (χ3n) is 5.87. The largest absolute Gasteiger partial charge is 0.450 e. The number of anilines is 2. The van der Waals surface area contributed by atoms with E-state index in [9.17, 15) is 9.90 Å². The lowest BCUT2D eigenvalue weighted by molar-refractivity contribution is 0.0194. The van der Waals surface area contributed by atoms with Gasteiger partial charge >= 0.3 is 0 Å². The van der Waals surface area contributed by atoms with E-state index in [1.807, 2.05) is 6.07 Å². The summed E-state index contributed by atoms with van der Waals surface area (Å²) < 4.78 is 11.2. The summed E-state index contributed by atoms with van der Waals surface area (Å²) in [7, 11) is -1.13. The van der Waals surface area contributed by atoms with Crippen LogP contribution in [0.25, 0.3) is 0 Å². The predicted octanol–water partition coefficient (Wildman–Crippen LogP) is 5.80. The molecule has 7 nitrogen and oxygen atoms in total. The van der Waals surface area contributed by atoms with Gasteiger partial charge in [0.25, 0.3) is 5.91 Å². The number of aliphatic hydroxyl groups excluding tert-OH is 1. The van der Waals surface area contributed by atoms with Gasteiger partial charge in [0.1, 0.15) is 12.0 Å². The quantitative estimate of drug-likeness (QED) is 0.203. The fraction of sp³-hybridized carbons (Fsp3) is 0.520. The van der Waals surface area contributed by atoms with Crippen molar-refractivity contribution in [1.82, 2.24) is 10.3 Å². The van der Waals surface area contributed by atoms with E-state index in [-0.39, 0.29) is 12.7 Å². The van der Waals surface area contributed by atoms with E-state index in [2.05, 4.69) is 35.3 Å². The SMILES string of the molecule is C[Si](C)(C)CCOCOc1cccc(Nc2ccc(Cl)c(C(=O)NC(O)C3CCCCC3)c2)n1. The minimum absolute atomic E-state index is 0.0873. The molecular weight excluding hydrogens is 470 g/mol. The summed E-state index contributed by atoms with van der Waals surface area (Å²) in [6, 6.07) is 11.6. The van der Waals surface area contributed by atoms with Gasteiger partial charge in [-0.2, -0.15) is 4.98 Å². The number of ether oxygens (including phenoxy) is 2. The molecule has 2 aromatic rings. The van der Waals surface area contributed by atoms with Gasteiger partial charge in [-0.1, -0.05) is 56.6 Å². The number of hydrogen-bond donors (Lipinski definition) is 3. The van der Waals surface area contributed by atoms with Crippen molar-refractivity contribution in [2.45, 2.75) is 64.0 Å². The van der Waals surface area contributed by atoms with Crippen molar-refractivity contribution in [2.75, 3.05) is 18.7 Å². The molecule has 1 amide bonds. The van der Waals surface area contributed by atoms with Crippen molar-refractivity contribution in [3.05, 3.63) is 47.0 Å². The highest BCUT2D eigenvalue weighted by Gasteiger charge is 2.24. The molecule has 34 heavy (non-hydrogen) atoms. The van der Waals surface area contributed by atoms with Crippen molar-refractivity contribution < 1.29 is 19.4 Å². The molecule has 0 aliphatic heterocycles. The molecule has 9 heteroatoms. The van der Waals surface area contributed by atoms with Gasteiger partial charge < -0.3 is 25.2 Å². The standard InChI is InChI=1S/C25H36ClN3O4Si/c1-34(2,3)15-14-32-17-33-23-11-7-10-22(28-23)27-19-12-13-21(26)20(16-19)25(31)29-24(30)18-8-5-4-6-9-18/h7,10-13,16,18,24,30H,4-6,8-9,14-15,17H2,1-3H3,(H,27,28)(H,29,31). The Hall–Kier alpha value is -2.13. The van der Waals surface area contributed by atoms with Crippen molar-refractivity contribution in [3.8, 4) is 5.88 Å². The Labute approximate surface area is 208 Å². The lowest BCUT2D eigenvalue weighted by Crippen LogP contribution is -2.41. The zero-order valence-electron chi connectivity index (χ0n) is 20.3. The third-order valence-corrected chi connectivity index (χ3v) is 7.90. The van der Waals surface area contributed by atoms with Gasteiger partial charge in [0.05, 0.1) is 10.6 Å². The van der Waals surface area contributed by atoms with Gasteiger partial charge in [0.15, 0.2) is 6.79 Å². The van der Waals surface area contributed by atoms with E-state index in [4.69, 9.17) is 21.1 Å². The summed E-state index contributed by atoms with van der Waals surface area (Å²) in [5.74, 6) is 0.701. The average Bonchev–Trinajstić information content (AvgIpc) is 2.80. The molecule has 1 atom stereocenters. The molecule has 1 unspecified atom stereocenters. The Balaban J connectivity index is 1.57. The second kappa shape index (κ2) is 12.5. The summed E-state index contributed by atoms with van der Waals surface area (Å²) >= 11 is 6.28. The molecule has 1 fully saturated rings. The topological polar surface area (TPSA) is 92.7 Å². The minimum Gasteiger partial charge on any atom is -0.450 e. The molecule has 186 valence electrons. The van der Waals surface area contributed by atoms with E-state index in [0.29, 0.717) is 34.6 Å². The maximum Gasteiger partial charge on any atom is 0.254 e. The number of amides is 1. The smallest absolute Gasteiger partial charge is 0.254 e. The second-order valence-corrected chi connectivity index (χ2v) is 16.0. The van der Waals surface area contributed by atoms with Crippen molar-refractivity contribution >= 4 is 37.1 Å². The number of carbonyl (C=O) groups is 1. The molecule has 1 aromatic carbocycles.